The molecule has 0 saturated carbocycles. The molecule has 0 heterocycles. The summed E-state index contributed by atoms with van der Waals surface area (Å²) in [4.78, 5) is 0. The van der Waals surface area contributed by atoms with Crippen LogP contribution in [0.1, 0.15) is 13.8 Å². The van der Waals surface area contributed by atoms with E-state index in [1.807, 2.05) is 14.8 Å². The maximum atomic E-state index is 9.33. The average molecular weight is 208 g/mol. The van der Waals surface area contributed by atoms with Gasteiger partial charge in [0.1, 0.15) is 14.0 Å². The van der Waals surface area contributed by atoms with E-state index >= 15 is 0 Å². The highest BCUT2D eigenvalue weighted by atomic mass is 35.5. The van der Waals surface area contributed by atoms with Crippen molar-refractivity contribution in [3.05, 3.63) is 0 Å². The number of methoxy groups -OCH3 is 1. The van der Waals surface area contributed by atoms with Gasteiger partial charge in [0, 0.05) is 18.5 Å². The second-order valence-electron chi connectivity index (χ2n) is 3.25. The molecule has 0 amide bonds. The summed E-state index contributed by atoms with van der Waals surface area (Å²) >= 11 is 5.83. The van der Waals surface area contributed by atoms with Gasteiger partial charge in [-0.05, 0) is 13.8 Å². The molecule has 0 bridgehead atoms. The molecule has 1 unspecified atom stereocenters. The lowest BCUT2D eigenvalue weighted by Crippen LogP contribution is -2.37. The lowest BCUT2D eigenvalue weighted by molar-refractivity contribution is -0.0760. The van der Waals surface area contributed by atoms with Gasteiger partial charge in [0.2, 0.25) is 0 Å². The molecule has 0 aromatic heterocycles. The SMILES string of the molecule is BC(O[C@H](COC)[C@@H](C)O)[C@H](C)Cl. The van der Waals surface area contributed by atoms with Crippen molar-refractivity contribution < 1.29 is 14.6 Å². The van der Waals surface area contributed by atoms with E-state index in [0.717, 1.165) is 0 Å². The standard InChI is InChI=1S/C8H18BClO3/c1-5(10)8(9)13-7(4-12-3)6(2)11/h5-8,11H,4,9H2,1-3H3/t5-,6+,7+,8?/m0/s1. The third kappa shape index (κ3) is 5.52. The van der Waals surface area contributed by atoms with Crippen LogP contribution >= 0.6 is 11.6 Å². The van der Waals surface area contributed by atoms with Crippen LogP contribution in [0, 0.1) is 0 Å². The van der Waals surface area contributed by atoms with Crippen molar-refractivity contribution in [2.75, 3.05) is 13.7 Å². The Balaban J connectivity index is 3.94. The molecular formula is C8H18BClO3. The molecule has 0 aliphatic heterocycles. The maximum Gasteiger partial charge on any atom is 0.141 e. The van der Waals surface area contributed by atoms with E-state index in [1.54, 1.807) is 14.0 Å². The molecule has 0 rings (SSSR count). The van der Waals surface area contributed by atoms with Crippen molar-refractivity contribution in [1.29, 1.82) is 0 Å². The Bertz CT molecular complexity index is 133. The first-order valence-electron chi connectivity index (χ1n) is 4.45. The van der Waals surface area contributed by atoms with E-state index in [1.165, 1.54) is 0 Å². The van der Waals surface area contributed by atoms with Gasteiger partial charge in [-0.25, -0.2) is 0 Å². The van der Waals surface area contributed by atoms with Gasteiger partial charge in [0.15, 0.2) is 0 Å². The Hall–Kier alpha value is 0.235. The van der Waals surface area contributed by atoms with Crippen LogP contribution in [0.25, 0.3) is 0 Å². The van der Waals surface area contributed by atoms with E-state index in [0.29, 0.717) is 6.61 Å². The number of halogens is 1. The fraction of sp³-hybridized carbons (Fsp3) is 1.00. The van der Waals surface area contributed by atoms with E-state index in [-0.39, 0.29) is 17.5 Å². The molecule has 0 spiro atoms. The van der Waals surface area contributed by atoms with Gasteiger partial charge in [0.25, 0.3) is 0 Å². The number of hydrogen-bond donors (Lipinski definition) is 1. The van der Waals surface area contributed by atoms with E-state index in [2.05, 4.69) is 0 Å². The Morgan fingerprint density at radius 3 is 2.31 bits per heavy atom. The summed E-state index contributed by atoms with van der Waals surface area (Å²) in [5.41, 5.74) is 0. The van der Waals surface area contributed by atoms with Gasteiger partial charge in [0.05, 0.1) is 12.7 Å². The Labute approximate surface area is 85.8 Å². The van der Waals surface area contributed by atoms with Crippen LogP contribution in [-0.2, 0) is 9.47 Å². The molecule has 0 aromatic rings. The van der Waals surface area contributed by atoms with Gasteiger partial charge < -0.3 is 14.6 Å². The number of aliphatic hydroxyl groups is 1. The predicted molar refractivity (Wildman–Crippen MR) is 56.1 cm³/mol. The fourth-order valence-corrected chi connectivity index (χ4v) is 0.900. The molecule has 5 heteroatoms. The van der Waals surface area contributed by atoms with Crippen LogP contribution in [-0.4, -0.2) is 50.3 Å². The van der Waals surface area contributed by atoms with Crippen molar-refractivity contribution in [3.8, 4) is 0 Å². The van der Waals surface area contributed by atoms with Crippen molar-refractivity contribution in [2.24, 2.45) is 0 Å². The quantitative estimate of drug-likeness (QED) is 0.493. The largest absolute Gasteiger partial charge is 0.391 e. The highest BCUT2D eigenvalue weighted by molar-refractivity contribution is 6.26. The fourth-order valence-electron chi connectivity index (χ4n) is 0.840. The number of hydrogen-bond acceptors (Lipinski definition) is 3. The van der Waals surface area contributed by atoms with Crippen LogP contribution in [0.4, 0.5) is 0 Å². The minimum Gasteiger partial charge on any atom is -0.391 e. The van der Waals surface area contributed by atoms with Gasteiger partial charge in [-0.2, -0.15) is 0 Å². The average Bonchev–Trinajstić information content (AvgIpc) is 2.03. The third-order valence-corrected chi connectivity index (χ3v) is 2.26. The number of rotatable bonds is 6. The molecule has 3 nitrogen and oxygen atoms in total. The number of alkyl halides is 1. The van der Waals surface area contributed by atoms with Crippen molar-refractivity contribution in [3.63, 3.8) is 0 Å². The molecule has 0 saturated heterocycles. The summed E-state index contributed by atoms with van der Waals surface area (Å²) in [5.74, 6) is 0. The molecule has 1 N–H and O–H groups in total. The highest BCUT2D eigenvalue weighted by Crippen LogP contribution is 2.08. The van der Waals surface area contributed by atoms with Crippen molar-refractivity contribution in [2.45, 2.75) is 37.4 Å². The summed E-state index contributed by atoms with van der Waals surface area (Å²) in [6, 6.07) is -0.0867. The topological polar surface area (TPSA) is 38.7 Å². The summed E-state index contributed by atoms with van der Waals surface area (Å²) in [7, 11) is 3.45. The minimum atomic E-state index is -0.544. The Morgan fingerprint density at radius 2 is 2.00 bits per heavy atom. The smallest absolute Gasteiger partial charge is 0.141 e. The molecule has 13 heavy (non-hydrogen) atoms. The molecule has 0 aliphatic carbocycles. The van der Waals surface area contributed by atoms with Gasteiger partial charge in [-0.1, -0.05) is 0 Å². The molecule has 0 aromatic carbocycles. The lowest BCUT2D eigenvalue weighted by atomic mass is 9.96. The zero-order valence-electron chi connectivity index (χ0n) is 8.66. The highest BCUT2D eigenvalue weighted by Gasteiger charge is 2.20. The summed E-state index contributed by atoms with van der Waals surface area (Å²) < 4.78 is 10.4. The first-order valence-corrected chi connectivity index (χ1v) is 4.89. The molecule has 0 aliphatic rings. The zero-order chi connectivity index (χ0) is 10.4. The van der Waals surface area contributed by atoms with E-state index < -0.39 is 6.10 Å². The number of ether oxygens (including phenoxy) is 2. The maximum absolute atomic E-state index is 9.33. The van der Waals surface area contributed by atoms with E-state index in [9.17, 15) is 5.11 Å². The molecule has 0 radical (unpaired) electrons. The van der Waals surface area contributed by atoms with Crippen LogP contribution in [0.3, 0.4) is 0 Å². The summed E-state index contributed by atoms with van der Waals surface area (Å²) in [6.45, 7) is 3.92. The van der Waals surface area contributed by atoms with Crippen LogP contribution in [0.15, 0.2) is 0 Å². The van der Waals surface area contributed by atoms with E-state index in [4.69, 9.17) is 21.1 Å². The van der Waals surface area contributed by atoms with Crippen LogP contribution < -0.4 is 0 Å². The third-order valence-electron chi connectivity index (χ3n) is 1.91. The normalized spacial score (nSPS) is 20.7. The molecular weight excluding hydrogens is 190 g/mol. The summed E-state index contributed by atoms with van der Waals surface area (Å²) in [6.07, 6.45) is -0.848. The zero-order valence-corrected chi connectivity index (χ0v) is 9.41. The monoisotopic (exact) mass is 208 g/mol. The second kappa shape index (κ2) is 6.65. The minimum absolute atomic E-state index is 0.0712. The molecule has 78 valence electrons. The predicted octanol–water partition coefficient (Wildman–Crippen LogP) is -0.0147. The lowest BCUT2D eigenvalue weighted by Gasteiger charge is -2.25. The Morgan fingerprint density at radius 1 is 1.46 bits per heavy atom. The van der Waals surface area contributed by atoms with Crippen molar-refractivity contribution in [1.82, 2.24) is 0 Å². The van der Waals surface area contributed by atoms with Gasteiger partial charge in [-0.3, -0.25) is 0 Å². The first-order chi connectivity index (χ1) is 5.99. The summed E-state index contributed by atoms with van der Waals surface area (Å²) in [5, 5.41) is 9.25. The first kappa shape index (κ1) is 13.2. The van der Waals surface area contributed by atoms with Crippen LogP contribution in [0.5, 0.6) is 0 Å². The second-order valence-corrected chi connectivity index (χ2v) is 3.94. The van der Waals surface area contributed by atoms with Crippen LogP contribution in [0.2, 0.25) is 0 Å². The Kier molecular flexibility index (Phi) is 6.77. The molecule has 4 atom stereocenters. The van der Waals surface area contributed by atoms with Gasteiger partial charge in [-0.15, -0.1) is 11.6 Å². The number of aliphatic hydroxyl groups excluding tert-OH is 1. The van der Waals surface area contributed by atoms with Gasteiger partial charge >= 0.3 is 0 Å². The van der Waals surface area contributed by atoms with Crippen molar-refractivity contribution >= 4 is 19.4 Å². The molecule has 0 fully saturated rings.